The molecule has 4 rings (SSSR count). The maximum Gasteiger partial charge on any atom is 0.336 e. The molecule has 0 N–H and O–H groups in total. The van der Waals surface area contributed by atoms with Crippen LogP contribution in [0.25, 0.3) is 11.0 Å². The van der Waals surface area contributed by atoms with E-state index in [-0.39, 0.29) is 5.63 Å². The van der Waals surface area contributed by atoms with Gasteiger partial charge in [-0.1, -0.05) is 0 Å². The molecule has 142 valence electrons. The lowest BCUT2D eigenvalue weighted by atomic mass is 10.1. The van der Waals surface area contributed by atoms with Crippen LogP contribution in [-0.2, 0) is 6.54 Å². The summed E-state index contributed by atoms with van der Waals surface area (Å²) in [5.41, 5.74) is 2.34. The fraction of sp³-hybridized carbons (Fsp3) is 0.400. The molecule has 0 bridgehead atoms. The van der Waals surface area contributed by atoms with E-state index in [2.05, 4.69) is 20.2 Å². The molecule has 1 saturated heterocycles. The maximum absolute atomic E-state index is 12.0. The summed E-state index contributed by atoms with van der Waals surface area (Å²) >= 11 is 1.71. The zero-order chi connectivity index (χ0) is 18.8. The van der Waals surface area contributed by atoms with E-state index in [4.69, 9.17) is 9.15 Å². The maximum atomic E-state index is 12.0. The minimum Gasteiger partial charge on any atom is -0.497 e. The van der Waals surface area contributed by atoms with Crippen LogP contribution in [0.4, 0.5) is 5.13 Å². The molecule has 1 aromatic carbocycles. The van der Waals surface area contributed by atoms with E-state index in [1.54, 1.807) is 30.6 Å². The minimum absolute atomic E-state index is 0.319. The number of hydrogen-bond donors (Lipinski definition) is 0. The molecule has 0 amide bonds. The summed E-state index contributed by atoms with van der Waals surface area (Å²) in [6.07, 6.45) is 1.08. The molecular weight excluding hydrogens is 362 g/mol. The van der Waals surface area contributed by atoms with Crippen LogP contribution in [0.5, 0.6) is 5.75 Å². The lowest BCUT2D eigenvalue weighted by molar-refractivity contribution is 0.286. The van der Waals surface area contributed by atoms with Crippen molar-refractivity contribution in [2.45, 2.75) is 19.9 Å². The summed E-state index contributed by atoms with van der Waals surface area (Å²) in [5, 5.41) is 4.17. The Bertz CT molecular complexity index is 998. The Morgan fingerprint density at radius 1 is 1.22 bits per heavy atom. The number of aryl methyl sites for hydroxylation is 1. The number of methoxy groups -OCH3 is 1. The van der Waals surface area contributed by atoms with Gasteiger partial charge in [0, 0.05) is 55.6 Å². The Balaban J connectivity index is 1.53. The van der Waals surface area contributed by atoms with E-state index in [9.17, 15) is 4.79 Å². The Kier molecular flexibility index (Phi) is 5.13. The third-order valence-electron chi connectivity index (χ3n) is 4.90. The van der Waals surface area contributed by atoms with Gasteiger partial charge in [-0.3, -0.25) is 4.90 Å². The van der Waals surface area contributed by atoms with Gasteiger partial charge < -0.3 is 14.1 Å². The van der Waals surface area contributed by atoms with Gasteiger partial charge in [-0.2, -0.15) is 0 Å². The fourth-order valence-electron chi connectivity index (χ4n) is 3.52. The van der Waals surface area contributed by atoms with Crippen LogP contribution in [-0.4, -0.2) is 43.2 Å². The van der Waals surface area contributed by atoms with Crippen molar-refractivity contribution in [1.29, 1.82) is 0 Å². The highest BCUT2D eigenvalue weighted by molar-refractivity contribution is 7.13. The molecule has 0 atom stereocenters. The molecule has 3 aromatic rings. The van der Waals surface area contributed by atoms with Crippen LogP contribution in [0.2, 0.25) is 0 Å². The molecule has 6 nitrogen and oxygen atoms in total. The number of ether oxygens (including phenoxy) is 1. The second-order valence-electron chi connectivity index (χ2n) is 6.84. The van der Waals surface area contributed by atoms with Crippen LogP contribution in [0, 0.1) is 6.92 Å². The topological polar surface area (TPSA) is 58.8 Å². The van der Waals surface area contributed by atoms with Crippen molar-refractivity contribution in [1.82, 2.24) is 9.88 Å². The molecule has 1 aliphatic heterocycles. The molecule has 2 aromatic heterocycles. The highest BCUT2D eigenvalue weighted by Gasteiger charge is 2.18. The lowest BCUT2D eigenvalue weighted by Gasteiger charge is -2.22. The van der Waals surface area contributed by atoms with Gasteiger partial charge in [0.1, 0.15) is 11.3 Å². The molecule has 7 heteroatoms. The molecule has 0 unspecified atom stereocenters. The van der Waals surface area contributed by atoms with Crippen molar-refractivity contribution >= 4 is 27.4 Å². The van der Waals surface area contributed by atoms with E-state index in [0.717, 1.165) is 60.9 Å². The fourth-order valence-corrected chi connectivity index (χ4v) is 4.37. The van der Waals surface area contributed by atoms with Crippen LogP contribution < -0.4 is 15.3 Å². The quantitative estimate of drug-likeness (QED) is 0.643. The Hall–Kier alpha value is -2.38. The largest absolute Gasteiger partial charge is 0.497 e. The molecule has 0 aliphatic carbocycles. The summed E-state index contributed by atoms with van der Waals surface area (Å²) in [5.74, 6) is 0.687. The average molecular weight is 385 g/mol. The van der Waals surface area contributed by atoms with Crippen molar-refractivity contribution in [3.63, 3.8) is 0 Å². The number of benzene rings is 1. The predicted molar refractivity (Wildman–Crippen MR) is 108 cm³/mol. The number of hydrogen-bond acceptors (Lipinski definition) is 7. The summed E-state index contributed by atoms with van der Waals surface area (Å²) in [6, 6.07) is 7.26. The predicted octanol–water partition coefficient (Wildman–Crippen LogP) is 3.28. The minimum atomic E-state index is -0.319. The molecule has 3 heterocycles. The van der Waals surface area contributed by atoms with E-state index >= 15 is 0 Å². The van der Waals surface area contributed by atoms with Crippen LogP contribution in [0.1, 0.15) is 17.7 Å². The van der Waals surface area contributed by atoms with Gasteiger partial charge in [-0.25, -0.2) is 9.78 Å². The van der Waals surface area contributed by atoms with Gasteiger partial charge in [0.05, 0.1) is 12.8 Å². The molecule has 1 fully saturated rings. The summed E-state index contributed by atoms with van der Waals surface area (Å²) in [4.78, 5) is 21.4. The molecule has 0 spiro atoms. The number of rotatable bonds is 4. The van der Waals surface area contributed by atoms with Gasteiger partial charge in [0.15, 0.2) is 5.13 Å². The second-order valence-corrected chi connectivity index (χ2v) is 7.68. The standard InChI is InChI=1S/C20H23N3O3S/c1-14-13-27-20(21-14)23-7-3-6-22(8-9-23)12-15-10-19(24)26-18-11-16(25-2)4-5-17(15)18/h4-5,10-11,13H,3,6-9,12H2,1-2H3. The molecule has 0 saturated carbocycles. The van der Waals surface area contributed by atoms with Gasteiger partial charge in [0.2, 0.25) is 0 Å². The van der Waals surface area contributed by atoms with Gasteiger partial charge in [0.25, 0.3) is 0 Å². The van der Waals surface area contributed by atoms with Crippen LogP contribution >= 0.6 is 11.3 Å². The lowest BCUT2D eigenvalue weighted by Crippen LogP contribution is -2.30. The Morgan fingerprint density at radius 3 is 2.89 bits per heavy atom. The first-order valence-corrected chi connectivity index (χ1v) is 10.0. The van der Waals surface area contributed by atoms with Crippen LogP contribution in [0.15, 0.2) is 38.9 Å². The monoisotopic (exact) mass is 385 g/mol. The van der Waals surface area contributed by atoms with Crippen molar-refractivity contribution < 1.29 is 9.15 Å². The second kappa shape index (κ2) is 7.70. The van der Waals surface area contributed by atoms with Crippen molar-refractivity contribution in [3.8, 4) is 5.75 Å². The Labute approximate surface area is 162 Å². The number of nitrogens with zero attached hydrogens (tertiary/aromatic N) is 3. The highest BCUT2D eigenvalue weighted by atomic mass is 32.1. The van der Waals surface area contributed by atoms with E-state index in [1.807, 2.05) is 19.1 Å². The van der Waals surface area contributed by atoms with E-state index in [1.165, 1.54) is 0 Å². The SMILES string of the molecule is COc1ccc2c(CN3CCCN(c4nc(C)cs4)CC3)cc(=O)oc2c1. The smallest absolute Gasteiger partial charge is 0.336 e. The highest BCUT2D eigenvalue weighted by Crippen LogP contribution is 2.25. The number of anilines is 1. The molecule has 0 radical (unpaired) electrons. The van der Waals surface area contributed by atoms with Crippen molar-refractivity contribution in [2.75, 3.05) is 38.2 Å². The number of fused-ring (bicyclic) bond motifs is 1. The first kappa shape index (κ1) is 18.0. The molecule has 1 aliphatic rings. The third-order valence-corrected chi connectivity index (χ3v) is 5.92. The third kappa shape index (κ3) is 3.99. The zero-order valence-electron chi connectivity index (χ0n) is 15.6. The number of thiazole rings is 1. The molecular formula is C20H23N3O3S. The van der Waals surface area contributed by atoms with Crippen LogP contribution in [0.3, 0.4) is 0 Å². The van der Waals surface area contributed by atoms with E-state index < -0.39 is 0 Å². The zero-order valence-corrected chi connectivity index (χ0v) is 16.4. The summed E-state index contributed by atoms with van der Waals surface area (Å²) in [7, 11) is 1.61. The normalized spacial score (nSPS) is 15.9. The number of aromatic nitrogens is 1. The van der Waals surface area contributed by atoms with Crippen molar-refractivity contribution in [3.05, 3.63) is 51.3 Å². The average Bonchev–Trinajstić information content (AvgIpc) is 2.95. The van der Waals surface area contributed by atoms with Gasteiger partial charge in [-0.05, 0) is 31.0 Å². The van der Waals surface area contributed by atoms with Crippen molar-refractivity contribution in [2.24, 2.45) is 0 Å². The van der Waals surface area contributed by atoms with Gasteiger partial charge >= 0.3 is 5.63 Å². The van der Waals surface area contributed by atoms with Gasteiger partial charge in [-0.15, -0.1) is 11.3 Å². The first-order valence-electron chi connectivity index (χ1n) is 9.12. The first-order chi connectivity index (χ1) is 13.1. The molecule has 27 heavy (non-hydrogen) atoms. The summed E-state index contributed by atoms with van der Waals surface area (Å²) < 4.78 is 10.6. The Morgan fingerprint density at radius 2 is 2.11 bits per heavy atom. The van der Waals surface area contributed by atoms with E-state index in [0.29, 0.717) is 11.3 Å². The summed E-state index contributed by atoms with van der Waals surface area (Å²) in [6.45, 7) is 6.66.